The van der Waals surface area contributed by atoms with E-state index in [1.807, 2.05) is 6.92 Å². The van der Waals surface area contributed by atoms with Gasteiger partial charge in [-0.15, -0.1) is 0 Å². The molecule has 2 unspecified atom stereocenters. The first-order chi connectivity index (χ1) is 8.24. The Balaban J connectivity index is 1.90. The van der Waals surface area contributed by atoms with Gasteiger partial charge in [0.25, 0.3) is 0 Å². The molecular formula is C15H31NO. The number of hydrogen-bond acceptors (Lipinski definition) is 2. The molecule has 102 valence electrons. The van der Waals surface area contributed by atoms with Crippen molar-refractivity contribution in [1.82, 2.24) is 4.90 Å². The SMILES string of the molecule is CCCCCCCCCN1CCC(C(C)O)C1. The number of rotatable bonds is 9. The van der Waals surface area contributed by atoms with Crippen molar-refractivity contribution in [3.63, 3.8) is 0 Å². The van der Waals surface area contributed by atoms with Crippen LogP contribution in [0, 0.1) is 5.92 Å². The van der Waals surface area contributed by atoms with Crippen LogP contribution in [0.1, 0.15) is 65.2 Å². The van der Waals surface area contributed by atoms with Crippen molar-refractivity contribution in [3.05, 3.63) is 0 Å². The zero-order valence-electron chi connectivity index (χ0n) is 11.8. The Hall–Kier alpha value is -0.0800. The third-order valence-electron chi connectivity index (χ3n) is 4.07. The van der Waals surface area contributed by atoms with E-state index in [4.69, 9.17) is 0 Å². The zero-order valence-corrected chi connectivity index (χ0v) is 11.8. The minimum atomic E-state index is -0.117. The van der Waals surface area contributed by atoms with E-state index >= 15 is 0 Å². The van der Waals surface area contributed by atoms with Crippen molar-refractivity contribution < 1.29 is 5.11 Å². The van der Waals surface area contributed by atoms with Gasteiger partial charge in [-0.3, -0.25) is 0 Å². The predicted molar refractivity (Wildman–Crippen MR) is 74.2 cm³/mol. The minimum Gasteiger partial charge on any atom is -0.393 e. The Kier molecular flexibility index (Phi) is 7.87. The largest absolute Gasteiger partial charge is 0.393 e. The van der Waals surface area contributed by atoms with E-state index in [1.54, 1.807) is 0 Å². The van der Waals surface area contributed by atoms with Gasteiger partial charge in [-0.1, -0.05) is 45.4 Å². The fraction of sp³-hybridized carbons (Fsp3) is 1.00. The number of nitrogens with zero attached hydrogens (tertiary/aromatic N) is 1. The summed E-state index contributed by atoms with van der Waals surface area (Å²) in [5.74, 6) is 0.527. The molecule has 2 atom stereocenters. The van der Waals surface area contributed by atoms with Crippen LogP contribution in [-0.2, 0) is 0 Å². The molecule has 0 aliphatic carbocycles. The normalized spacial score (nSPS) is 23.1. The lowest BCUT2D eigenvalue weighted by atomic mass is 10.0. The average molecular weight is 241 g/mol. The Morgan fingerprint density at radius 3 is 2.35 bits per heavy atom. The van der Waals surface area contributed by atoms with Crippen molar-refractivity contribution in [1.29, 1.82) is 0 Å². The highest BCUT2D eigenvalue weighted by atomic mass is 16.3. The molecule has 0 aromatic rings. The van der Waals surface area contributed by atoms with Gasteiger partial charge in [-0.2, -0.15) is 0 Å². The van der Waals surface area contributed by atoms with Crippen LogP contribution >= 0.6 is 0 Å². The molecule has 0 radical (unpaired) electrons. The van der Waals surface area contributed by atoms with Crippen molar-refractivity contribution in [2.24, 2.45) is 5.92 Å². The second-order valence-electron chi connectivity index (χ2n) is 5.71. The minimum absolute atomic E-state index is 0.117. The summed E-state index contributed by atoms with van der Waals surface area (Å²) in [7, 11) is 0. The molecule has 0 aromatic heterocycles. The van der Waals surface area contributed by atoms with E-state index in [0.29, 0.717) is 5.92 Å². The van der Waals surface area contributed by atoms with Gasteiger partial charge in [0.15, 0.2) is 0 Å². The molecule has 1 N–H and O–H groups in total. The molecule has 1 heterocycles. The first-order valence-corrected chi connectivity index (χ1v) is 7.64. The lowest BCUT2D eigenvalue weighted by molar-refractivity contribution is 0.127. The second kappa shape index (κ2) is 8.93. The first kappa shape index (κ1) is 15.0. The monoisotopic (exact) mass is 241 g/mol. The van der Waals surface area contributed by atoms with Gasteiger partial charge in [-0.05, 0) is 38.8 Å². The van der Waals surface area contributed by atoms with E-state index in [0.717, 1.165) is 6.54 Å². The maximum absolute atomic E-state index is 9.54. The average Bonchev–Trinajstić information content (AvgIpc) is 2.77. The summed E-state index contributed by atoms with van der Waals surface area (Å²) in [5, 5.41) is 9.54. The summed E-state index contributed by atoms with van der Waals surface area (Å²) < 4.78 is 0. The van der Waals surface area contributed by atoms with Crippen molar-refractivity contribution >= 4 is 0 Å². The zero-order chi connectivity index (χ0) is 12.5. The fourth-order valence-electron chi connectivity index (χ4n) is 2.75. The first-order valence-electron chi connectivity index (χ1n) is 7.64. The third-order valence-corrected chi connectivity index (χ3v) is 4.07. The van der Waals surface area contributed by atoms with E-state index in [2.05, 4.69) is 11.8 Å². The predicted octanol–water partition coefficient (Wildman–Crippen LogP) is 3.44. The van der Waals surface area contributed by atoms with Gasteiger partial charge in [0, 0.05) is 6.54 Å². The molecule has 0 bridgehead atoms. The van der Waals surface area contributed by atoms with Crippen LogP contribution in [0.4, 0.5) is 0 Å². The molecule has 1 aliphatic rings. The molecule has 1 fully saturated rings. The maximum atomic E-state index is 9.54. The van der Waals surface area contributed by atoms with Crippen LogP contribution < -0.4 is 0 Å². The molecule has 1 aliphatic heterocycles. The van der Waals surface area contributed by atoms with E-state index in [-0.39, 0.29) is 6.10 Å². The van der Waals surface area contributed by atoms with E-state index in [1.165, 1.54) is 64.5 Å². The molecule has 0 amide bonds. The summed E-state index contributed by atoms with van der Waals surface area (Å²) in [6, 6.07) is 0. The Labute approximate surface area is 107 Å². The topological polar surface area (TPSA) is 23.5 Å². The van der Waals surface area contributed by atoms with Crippen LogP contribution in [0.5, 0.6) is 0 Å². The van der Waals surface area contributed by atoms with Crippen molar-refractivity contribution in [3.8, 4) is 0 Å². The van der Waals surface area contributed by atoms with Gasteiger partial charge in [0.2, 0.25) is 0 Å². The van der Waals surface area contributed by atoms with Crippen molar-refractivity contribution in [2.45, 2.75) is 71.3 Å². The Morgan fingerprint density at radius 1 is 1.12 bits per heavy atom. The highest BCUT2D eigenvalue weighted by Crippen LogP contribution is 2.20. The number of hydrogen-bond donors (Lipinski definition) is 1. The molecule has 1 saturated heterocycles. The van der Waals surface area contributed by atoms with Gasteiger partial charge >= 0.3 is 0 Å². The van der Waals surface area contributed by atoms with E-state index in [9.17, 15) is 5.11 Å². The van der Waals surface area contributed by atoms with Crippen LogP contribution in [0.2, 0.25) is 0 Å². The van der Waals surface area contributed by atoms with Crippen molar-refractivity contribution in [2.75, 3.05) is 19.6 Å². The summed E-state index contributed by atoms with van der Waals surface area (Å²) in [6.45, 7) is 7.77. The molecule has 2 nitrogen and oxygen atoms in total. The van der Waals surface area contributed by atoms with Gasteiger partial charge in [0.1, 0.15) is 0 Å². The number of likely N-dealkylation sites (tertiary alicyclic amines) is 1. The molecule has 2 heteroatoms. The third kappa shape index (κ3) is 6.42. The molecule has 0 aromatic carbocycles. The number of unbranched alkanes of at least 4 members (excludes halogenated alkanes) is 6. The van der Waals surface area contributed by atoms with Crippen LogP contribution in [0.15, 0.2) is 0 Å². The van der Waals surface area contributed by atoms with Gasteiger partial charge in [-0.25, -0.2) is 0 Å². The van der Waals surface area contributed by atoms with Crippen LogP contribution in [-0.4, -0.2) is 35.7 Å². The van der Waals surface area contributed by atoms with Crippen LogP contribution in [0.25, 0.3) is 0 Å². The maximum Gasteiger partial charge on any atom is 0.0552 e. The summed E-state index contributed by atoms with van der Waals surface area (Å²) in [6.07, 6.45) is 10.8. The quantitative estimate of drug-likeness (QED) is 0.625. The van der Waals surface area contributed by atoms with E-state index < -0.39 is 0 Å². The summed E-state index contributed by atoms with van der Waals surface area (Å²) >= 11 is 0. The fourth-order valence-corrected chi connectivity index (χ4v) is 2.75. The Morgan fingerprint density at radius 2 is 1.76 bits per heavy atom. The second-order valence-corrected chi connectivity index (χ2v) is 5.71. The molecule has 1 rings (SSSR count). The molecule has 0 spiro atoms. The lowest BCUT2D eigenvalue weighted by Crippen LogP contribution is -2.25. The highest BCUT2D eigenvalue weighted by Gasteiger charge is 2.25. The number of aliphatic hydroxyl groups is 1. The van der Waals surface area contributed by atoms with Gasteiger partial charge in [0.05, 0.1) is 6.10 Å². The Bertz CT molecular complexity index is 182. The molecule has 17 heavy (non-hydrogen) atoms. The summed E-state index contributed by atoms with van der Waals surface area (Å²) in [4.78, 5) is 2.53. The number of aliphatic hydroxyl groups excluding tert-OH is 1. The van der Waals surface area contributed by atoms with Crippen LogP contribution in [0.3, 0.4) is 0 Å². The standard InChI is InChI=1S/C15H31NO/c1-3-4-5-6-7-8-9-11-16-12-10-15(13-16)14(2)17/h14-15,17H,3-13H2,1-2H3. The molecule has 0 saturated carbocycles. The molecular weight excluding hydrogens is 210 g/mol. The smallest absolute Gasteiger partial charge is 0.0552 e. The lowest BCUT2D eigenvalue weighted by Gasteiger charge is -2.17. The highest BCUT2D eigenvalue weighted by molar-refractivity contribution is 4.78. The summed E-state index contributed by atoms with van der Waals surface area (Å²) in [5.41, 5.74) is 0. The van der Waals surface area contributed by atoms with Gasteiger partial charge < -0.3 is 10.0 Å².